The third-order valence-electron chi connectivity index (χ3n) is 2.26. The molecule has 0 aliphatic rings. The van der Waals surface area contributed by atoms with Crippen LogP contribution in [0.4, 0.5) is 4.79 Å². The molecule has 0 fully saturated rings. The minimum Gasteiger partial charge on any atom is -0.443 e. The van der Waals surface area contributed by atoms with Crippen LogP contribution in [0, 0.1) is 5.92 Å². The molecule has 0 rings (SSSR count). The van der Waals surface area contributed by atoms with Gasteiger partial charge in [0, 0.05) is 13.0 Å². The van der Waals surface area contributed by atoms with Gasteiger partial charge in [-0.2, -0.15) is 0 Å². The van der Waals surface area contributed by atoms with Crippen LogP contribution in [0.2, 0.25) is 0 Å². The van der Waals surface area contributed by atoms with E-state index >= 15 is 0 Å². The Kier molecular flexibility index (Phi) is 7.42. The highest BCUT2D eigenvalue weighted by molar-refractivity contribution is 5.92. The summed E-state index contributed by atoms with van der Waals surface area (Å²) in [6, 6.07) is 0. The molecule has 0 aliphatic heterocycles. The second kappa shape index (κ2) is 7.97. The van der Waals surface area contributed by atoms with Gasteiger partial charge in [-0.05, 0) is 39.5 Å². The number of allylic oxidation sites excluding steroid dienone is 1. The number of hydrogen-bond acceptors (Lipinski definition) is 3. The number of carbonyl (C=O) groups is 2. The summed E-state index contributed by atoms with van der Waals surface area (Å²) >= 11 is 0. The van der Waals surface area contributed by atoms with E-state index in [-0.39, 0.29) is 11.8 Å². The molecule has 0 aromatic heterocycles. The number of nitrogens with zero attached hydrogens (tertiary/aromatic N) is 1. The number of carbonyl (C=O) groups excluding carboxylic acids is 2. The van der Waals surface area contributed by atoms with Crippen LogP contribution in [-0.2, 0) is 9.53 Å². The molecule has 19 heavy (non-hydrogen) atoms. The predicted octanol–water partition coefficient (Wildman–Crippen LogP) is 3.76. The molecular formula is C15H27NO3. The van der Waals surface area contributed by atoms with Crippen LogP contribution in [0.3, 0.4) is 0 Å². The van der Waals surface area contributed by atoms with E-state index in [1.54, 1.807) is 26.8 Å². The van der Waals surface area contributed by atoms with E-state index < -0.39 is 11.7 Å². The summed E-state index contributed by atoms with van der Waals surface area (Å²) in [6.07, 6.45) is 3.05. The first-order chi connectivity index (χ1) is 8.67. The van der Waals surface area contributed by atoms with Crippen LogP contribution in [0.5, 0.6) is 0 Å². The van der Waals surface area contributed by atoms with E-state index in [4.69, 9.17) is 4.74 Å². The lowest BCUT2D eigenvalue weighted by Gasteiger charge is -2.27. The highest BCUT2D eigenvalue weighted by atomic mass is 16.6. The van der Waals surface area contributed by atoms with Gasteiger partial charge in [0.15, 0.2) is 0 Å². The maximum absolute atomic E-state index is 12.1. The molecule has 4 nitrogen and oxygen atoms in total. The fraction of sp³-hybridized carbons (Fsp3) is 0.733. The van der Waals surface area contributed by atoms with Gasteiger partial charge in [0.25, 0.3) is 0 Å². The standard InChI is InChI=1S/C15H27NO3/c1-7-8-9-10-13(17)16(11-12(2)3)14(18)19-15(4,5)6/h7,12H,1,8-11H2,2-6H3. The molecule has 0 aromatic carbocycles. The average molecular weight is 269 g/mol. The van der Waals surface area contributed by atoms with E-state index in [1.165, 1.54) is 4.90 Å². The van der Waals surface area contributed by atoms with Gasteiger partial charge >= 0.3 is 6.09 Å². The molecule has 0 bridgehead atoms. The van der Waals surface area contributed by atoms with Crippen molar-refractivity contribution in [3.8, 4) is 0 Å². The molecule has 0 unspecified atom stereocenters. The Labute approximate surface area is 116 Å². The zero-order valence-corrected chi connectivity index (χ0v) is 12.9. The van der Waals surface area contributed by atoms with Gasteiger partial charge in [-0.3, -0.25) is 4.79 Å². The van der Waals surface area contributed by atoms with Gasteiger partial charge in [-0.1, -0.05) is 19.9 Å². The van der Waals surface area contributed by atoms with E-state index in [0.29, 0.717) is 19.4 Å². The number of imide groups is 1. The Morgan fingerprint density at radius 1 is 1.32 bits per heavy atom. The Morgan fingerprint density at radius 2 is 1.89 bits per heavy atom. The largest absolute Gasteiger partial charge is 0.443 e. The van der Waals surface area contributed by atoms with Crippen molar-refractivity contribution >= 4 is 12.0 Å². The van der Waals surface area contributed by atoms with Crippen LogP contribution in [0.1, 0.15) is 53.9 Å². The van der Waals surface area contributed by atoms with E-state index in [2.05, 4.69) is 6.58 Å². The number of unbranched alkanes of at least 4 members (excludes halogenated alkanes) is 1. The van der Waals surface area contributed by atoms with E-state index in [1.807, 2.05) is 13.8 Å². The summed E-state index contributed by atoms with van der Waals surface area (Å²) in [5.41, 5.74) is -0.590. The fourth-order valence-electron chi connectivity index (χ4n) is 1.49. The normalized spacial score (nSPS) is 11.3. The second-order valence-corrected chi connectivity index (χ2v) is 6.06. The van der Waals surface area contributed by atoms with Crippen molar-refractivity contribution < 1.29 is 14.3 Å². The minimum atomic E-state index is -0.590. The molecule has 0 spiro atoms. The highest BCUT2D eigenvalue weighted by Gasteiger charge is 2.27. The van der Waals surface area contributed by atoms with E-state index in [9.17, 15) is 9.59 Å². The molecule has 0 saturated carbocycles. The molecular weight excluding hydrogens is 242 g/mol. The molecule has 4 heteroatoms. The van der Waals surface area contributed by atoms with Gasteiger partial charge in [0.2, 0.25) is 5.91 Å². The molecule has 0 radical (unpaired) electrons. The Hall–Kier alpha value is -1.32. The van der Waals surface area contributed by atoms with Crippen molar-refractivity contribution in [3.05, 3.63) is 12.7 Å². The maximum atomic E-state index is 12.1. The van der Waals surface area contributed by atoms with Gasteiger partial charge < -0.3 is 4.74 Å². The second-order valence-electron chi connectivity index (χ2n) is 6.06. The number of ether oxygens (including phenoxy) is 1. The fourth-order valence-corrected chi connectivity index (χ4v) is 1.49. The number of amides is 2. The summed E-state index contributed by atoms with van der Waals surface area (Å²) in [4.78, 5) is 25.3. The molecule has 0 aromatic rings. The quantitative estimate of drug-likeness (QED) is 0.545. The molecule has 0 heterocycles. The van der Waals surface area contributed by atoms with Gasteiger partial charge in [0.05, 0.1) is 0 Å². The maximum Gasteiger partial charge on any atom is 0.417 e. The molecule has 2 amide bonds. The van der Waals surface area contributed by atoms with Crippen molar-refractivity contribution in [2.75, 3.05) is 6.54 Å². The van der Waals surface area contributed by atoms with Crippen LogP contribution in [0.15, 0.2) is 12.7 Å². The Bertz CT molecular complexity index is 316. The van der Waals surface area contributed by atoms with Crippen molar-refractivity contribution in [1.29, 1.82) is 0 Å². The van der Waals surface area contributed by atoms with Crippen LogP contribution in [-0.4, -0.2) is 29.0 Å². The van der Waals surface area contributed by atoms with Crippen molar-refractivity contribution in [2.45, 2.75) is 59.5 Å². The average Bonchev–Trinajstić information content (AvgIpc) is 2.23. The summed E-state index contributed by atoms with van der Waals surface area (Å²) < 4.78 is 5.27. The van der Waals surface area contributed by atoms with Crippen molar-refractivity contribution in [2.24, 2.45) is 5.92 Å². The molecule has 0 aliphatic carbocycles. The molecule has 0 saturated heterocycles. The SMILES string of the molecule is C=CCCCC(=O)N(CC(C)C)C(=O)OC(C)(C)C. The lowest BCUT2D eigenvalue weighted by molar-refractivity contribution is -0.130. The van der Waals surface area contributed by atoms with E-state index in [0.717, 1.165) is 6.42 Å². The van der Waals surface area contributed by atoms with Gasteiger partial charge in [-0.25, -0.2) is 9.69 Å². The summed E-state index contributed by atoms with van der Waals surface area (Å²) in [7, 11) is 0. The minimum absolute atomic E-state index is 0.176. The topological polar surface area (TPSA) is 46.6 Å². The summed E-state index contributed by atoms with van der Waals surface area (Å²) in [5, 5.41) is 0. The molecule has 0 N–H and O–H groups in total. The van der Waals surface area contributed by atoms with Gasteiger partial charge in [0.1, 0.15) is 5.60 Å². The zero-order valence-electron chi connectivity index (χ0n) is 12.9. The van der Waals surface area contributed by atoms with Crippen LogP contribution < -0.4 is 0 Å². The first-order valence-electron chi connectivity index (χ1n) is 6.81. The Balaban J connectivity index is 4.65. The third-order valence-corrected chi connectivity index (χ3v) is 2.26. The smallest absolute Gasteiger partial charge is 0.417 e. The van der Waals surface area contributed by atoms with Crippen LogP contribution >= 0.6 is 0 Å². The molecule has 0 atom stereocenters. The Morgan fingerprint density at radius 3 is 2.32 bits per heavy atom. The summed E-state index contributed by atoms with van der Waals surface area (Å²) in [5.74, 6) is 0.0423. The lowest BCUT2D eigenvalue weighted by Crippen LogP contribution is -2.42. The van der Waals surface area contributed by atoms with Crippen molar-refractivity contribution in [1.82, 2.24) is 4.90 Å². The first-order valence-corrected chi connectivity index (χ1v) is 6.81. The van der Waals surface area contributed by atoms with Crippen LogP contribution in [0.25, 0.3) is 0 Å². The van der Waals surface area contributed by atoms with Gasteiger partial charge in [-0.15, -0.1) is 6.58 Å². The molecule has 110 valence electrons. The summed E-state index contributed by atoms with van der Waals surface area (Å²) in [6.45, 7) is 13.3. The van der Waals surface area contributed by atoms with Crippen molar-refractivity contribution in [3.63, 3.8) is 0 Å². The number of rotatable bonds is 6. The monoisotopic (exact) mass is 269 g/mol. The first kappa shape index (κ1) is 17.7. The number of hydrogen-bond donors (Lipinski definition) is 0. The lowest BCUT2D eigenvalue weighted by atomic mass is 10.1. The highest BCUT2D eigenvalue weighted by Crippen LogP contribution is 2.13. The zero-order chi connectivity index (χ0) is 15.1. The third kappa shape index (κ3) is 8.41. The predicted molar refractivity (Wildman–Crippen MR) is 76.8 cm³/mol.